The molecule has 13 heavy (non-hydrogen) atoms. The van der Waals surface area contributed by atoms with Crippen molar-refractivity contribution in [3.8, 4) is 0 Å². The van der Waals surface area contributed by atoms with E-state index in [-0.39, 0.29) is 0 Å². The van der Waals surface area contributed by atoms with Crippen LogP contribution in [0.25, 0.3) is 0 Å². The van der Waals surface area contributed by atoms with Crippen molar-refractivity contribution in [3.63, 3.8) is 0 Å². The number of nitrogens with one attached hydrogen (secondary N) is 1. The molecule has 4 nitrogen and oxygen atoms in total. The summed E-state index contributed by atoms with van der Waals surface area (Å²) in [4.78, 5) is 3.83. The fourth-order valence-corrected chi connectivity index (χ4v) is 2.31. The molecule has 1 aromatic rings. The minimum atomic E-state index is -3.27. The van der Waals surface area contributed by atoms with Gasteiger partial charge in [0.05, 0.1) is 14.8 Å². The number of anilines is 1. The summed E-state index contributed by atoms with van der Waals surface area (Å²) < 4.78 is 24.6. The van der Waals surface area contributed by atoms with E-state index in [2.05, 4.69) is 9.71 Å². The van der Waals surface area contributed by atoms with Gasteiger partial charge in [0.15, 0.2) is 5.82 Å². The summed E-state index contributed by atoms with van der Waals surface area (Å²) in [5.74, 6) is 0.299. The van der Waals surface area contributed by atoms with Gasteiger partial charge in [-0.15, -0.1) is 0 Å². The lowest BCUT2D eigenvalue weighted by Crippen LogP contribution is -2.11. The van der Waals surface area contributed by atoms with Gasteiger partial charge in [-0.1, -0.05) is 11.6 Å². The van der Waals surface area contributed by atoms with Gasteiger partial charge in [0.25, 0.3) is 0 Å². The summed E-state index contributed by atoms with van der Waals surface area (Å²) in [6, 6.07) is 1.63. The first-order chi connectivity index (χ1) is 5.88. The Bertz CT molecular complexity index is 421. The minimum Gasteiger partial charge on any atom is -0.267 e. The highest BCUT2D eigenvalue weighted by molar-refractivity contribution is 14.1. The molecule has 0 aliphatic heterocycles. The predicted molar refractivity (Wildman–Crippen MR) is 60.4 cm³/mol. The quantitative estimate of drug-likeness (QED) is 0.839. The van der Waals surface area contributed by atoms with E-state index in [1.54, 1.807) is 6.07 Å². The normalized spacial score (nSPS) is 11.3. The molecule has 0 bridgehead atoms. The minimum absolute atomic E-state index is 0.299. The van der Waals surface area contributed by atoms with Gasteiger partial charge in [0.2, 0.25) is 10.0 Å². The lowest BCUT2D eigenvalue weighted by atomic mass is 10.5. The molecule has 0 aliphatic carbocycles. The summed E-state index contributed by atoms with van der Waals surface area (Å²) in [5, 5.41) is 0.475. The number of hydrogen-bond acceptors (Lipinski definition) is 3. The second kappa shape index (κ2) is 3.97. The summed E-state index contributed by atoms with van der Waals surface area (Å²) in [5.41, 5.74) is 0. The van der Waals surface area contributed by atoms with Crippen LogP contribution in [0.15, 0.2) is 12.3 Å². The Hall–Kier alpha value is -0.0800. The van der Waals surface area contributed by atoms with Gasteiger partial charge < -0.3 is 0 Å². The predicted octanol–water partition coefficient (Wildman–Crippen LogP) is 1.71. The average Bonchev–Trinajstić information content (AvgIpc) is 1.93. The maximum atomic E-state index is 10.9. The molecular formula is C6H6ClIN2O2S. The molecule has 0 spiro atoms. The molecule has 0 aliphatic rings. The van der Waals surface area contributed by atoms with Crippen molar-refractivity contribution in [2.45, 2.75) is 0 Å². The van der Waals surface area contributed by atoms with E-state index in [9.17, 15) is 8.42 Å². The molecule has 0 atom stereocenters. The second-order valence-electron chi connectivity index (χ2n) is 2.36. The number of rotatable bonds is 2. The molecule has 7 heteroatoms. The highest BCUT2D eigenvalue weighted by atomic mass is 127. The van der Waals surface area contributed by atoms with Gasteiger partial charge in [0.1, 0.15) is 0 Å². The Morgan fingerprint density at radius 1 is 1.62 bits per heavy atom. The summed E-state index contributed by atoms with van der Waals surface area (Å²) >= 11 is 7.60. The van der Waals surface area contributed by atoms with Crippen molar-refractivity contribution in [1.82, 2.24) is 4.98 Å². The Labute approximate surface area is 94.9 Å². The molecule has 1 rings (SSSR count). The van der Waals surface area contributed by atoms with Crippen molar-refractivity contribution in [2.24, 2.45) is 0 Å². The molecule has 0 amide bonds. The number of sulfonamides is 1. The zero-order chi connectivity index (χ0) is 10.1. The smallest absolute Gasteiger partial charge is 0.231 e. The number of hydrogen-bond donors (Lipinski definition) is 1. The summed E-state index contributed by atoms with van der Waals surface area (Å²) in [7, 11) is -3.27. The molecule has 0 fully saturated rings. The zero-order valence-electron chi connectivity index (χ0n) is 6.58. The van der Waals surface area contributed by atoms with E-state index < -0.39 is 10.0 Å². The standard InChI is InChI=1S/C6H6ClIN2O2S/c1-13(11,12)10-6-5(8)2-4(7)3-9-6/h2-3H,1H3,(H,9,10). The second-order valence-corrected chi connectivity index (χ2v) is 5.71. The van der Waals surface area contributed by atoms with Crippen molar-refractivity contribution in [2.75, 3.05) is 11.0 Å². The first-order valence-electron chi connectivity index (χ1n) is 3.17. The zero-order valence-corrected chi connectivity index (χ0v) is 10.3. The summed E-state index contributed by atoms with van der Waals surface area (Å²) in [6.07, 6.45) is 2.45. The molecule has 0 radical (unpaired) electrons. The van der Waals surface area contributed by atoms with Gasteiger partial charge in [0, 0.05) is 6.20 Å². The third kappa shape index (κ3) is 3.65. The molecule has 0 saturated heterocycles. The van der Waals surface area contributed by atoms with Crippen molar-refractivity contribution >= 4 is 50.0 Å². The molecule has 0 aromatic carbocycles. The average molecular weight is 333 g/mol. The maximum Gasteiger partial charge on any atom is 0.231 e. The molecule has 0 unspecified atom stereocenters. The molecular weight excluding hydrogens is 327 g/mol. The van der Waals surface area contributed by atoms with Crippen LogP contribution in [-0.2, 0) is 10.0 Å². The van der Waals surface area contributed by atoms with E-state index in [0.29, 0.717) is 14.4 Å². The number of nitrogens with zero attached hydrogens (tertiary/aromatic N) is 1. The Morgan fingerprint density at radius 2 is 2.23 bits per heavy atom. The number of halogens is 2. The molecule has 72 valence electrons. The highest BCUT2D eigenvalue weighted by Crippen LogP contribution is 2.19. The van der Waals surface area contributed by atoms with Crippen LogP contribution >= 0.6 is 34.2 Å². The highest BCUT2D eigenvalue weighted by Gasteiger charge is 2.06. The van der Waals surface area contributed by atoms with E-state index in [1.165, 1.54) is 6.20 Å². The van der Waals surface area contributed by atoms with Crippen LogP contribution in [0, 0.1) is 3.57 Å². The number of aromatic nitrogens is 1. The van der Waals surface area contributed by atoms with Gasteiger partial charge in [-0.25, -0.2) is 13.4 Å². The van der Waals surface area contributed by atoms with Crippen LogP contribution in [0.4, 0.5) is 5.82 Å². The van der Waals surface area contributed by atoms with Gasteiger partial charge in [-0.3, -0.25) is 4.72 Å². The van der Waals surface area contributed by atoms with Gasteiger partial charge in [-0.05, 0) is 28.7 Å². The Kier molecular flexibility index (Phi) is 3.36. The van der Waals surface area contributed by atoms with E-state index in [1.807, 2.05) is 22.6 Å². The van der Waals surface area contributed by atoms with Crippen LogP contribution < -0.4 is 4.72 Å². The molecule has 0 saturated carbocycles. The van der Waals surface area contributed by atoms with E-state index in [0.717, 1.165) is 6.26 Å². The fourth-order valence-electron chi connectivity index (χ4n) is 0.665. The largest absolute Gasteiger partial charge is 0.267 e. The van der Waals surface area contributed by atoms with Gasteiger partial charge >= 0.3 is 0 Å². The van der Waals surface area contributed by atoms with Crippen LogP contribution in [-0.4, -0.2) is 19.7 Å². The summed E-state index contributed by atoms with van der Waals surface area (Å²) in [6.45, 7) is 0. The third-order valence-corrected chi connectivity index (χ3v) is 2.68. The Morgan fingerprint density at radius 3 is 2.69 bits per heavy atom. The van der Waals surface area contributed by atoms with Crippen LogP contribution in [0.2, 0.25) is 5.02 Å². The Balaban J connectivity index is 3.04. The van der Waals surface area contributed by atoms with Crippen molar-refractivity contribution in [1.29, 1.82) is 0 Å². The van der Waals surface area contributed by atoms with Crippen molar-refractivity contribution < 1.29 is 8.42 Å². The van der Waals surface area contributed by atoms with Crippen molar-refractivity contribution in [3.05, 3.63) is 20.9 Å². The van der Waals surface area contributed by atoms with Crippen LogP contribution in [0.5, 0.6) is 0 Å². The van der Waals surface area contributed by atoms with Gasteiger partial charge in [-0.2, -0.15) is 0 Å². The first-order valence-corrected chi connectivity index (χ1v) is 6.52. The van der Waals surface area contributed by atoms with Crippen LogP contribution in [0.3, 0.4) is 0 Å². The van der Waals surface area contributed by atoms with Crippen LogP contribution in [0.1, 0.15) is 0 Å². The fraction of sp³-hybridized carbons (Fsp3) is 0.167. The molecule has 1 aromatic heterocycles. The maximum absolute atomic E-state index is 10.9. The molecule has 1 N–H and O–H groups in total. The lowest BCUT2D eigenvalue weighted by Gasteiger charge is -2.04. The van der Waals surface area contributed by atoms with E-state index >= 15 is 0 Å². The first kappa shape index (κ1) is 11.0. The lowest BCUT2D eigenvalue weighted by molar-refractivity contribution is 0.606. The number of pyridine rings is 1. The third-order valence-electron chi connectivity index (χ3n) is 1.09. The molecule has 1 heterocycles. The SMILES string of the molecule is CS(=O)(=O)Nc1ncc(Cl)cc1I. The van der Waals surface area contributed by atoms with E-state index in [4.69, 9.17) is 11.6 Å². The monoisotopic (exact) mass is 332 g/mol. The topological polar surface area (TPSA) is 59.1 Å².